The van der Waals surface area contributed by atoms with Crippen molar-refractivity contribution in [1.29, 1.82) is 0 Å². The highest BCUT2D eigenvalue weighted by Crippen LogP contribution is 2.47. The molecule has 2 fully saturated rings. The second kappa shape index (κ2) is 4.32. The van der Waals surface area contributed by atoms with E-state index in [-0.39, 0.29) is 23.1 Å². The van der Waals surface area contributed by atoms with E-state index in [2.05, 4.69) is 0 Å². The molecule has 1 saturated heterocycles. The van der Waals surface area contributed by atoms with Gasteiger partial charge >= 0.3 is 0 Å². The van der Waals surface area contributed by atoms with Crippen molar-refractivity contribution < 1.29 is 9.59 Å². The largest absolute Gasteiger partial charge is 0.332 e. The smallest absolute Gasteiger partial charge is 0.228 e. The average Bonchev–Trinajstić information content (AvgIpc) is 2.45. The summed E-state index contributed by atoms with van der Waals surface area (Å²) >= 11 is 0. The Labute approximate surface area is 116 Å². The summed E-state index contributed by atoms with van der Waals surface area (Å²) < 4.78 is 0. The first-order valence-corrected chi connectivity index (χ1v) is 7.39. The number of hydrogen-bond acceptors (Lipinski definition) is 2. The topological polar surface area (TPSA) is 37.4 Å². The number of carbonyl (C=O) groups excluding carboxylic acids is 2. The Morgan fingerprint density at radius 3 is 1.89 bits per heavy atom. The zero-order valence-electron chi connectivity index (χ0n) is 13.1. The van der Waals surface area contributed by atoms with E-state index in [9.17, 15) is 9.59 Å². The van der Waals surface area contributed by atoms with Gasteiger partial charge in [0.25, 0.3) is 0 Å². The number of ketones is 1. The summed E-state index contributed by atoms with van der Waals surface area (Å²) in [7, 11) is 0. The predicted octanol–water partition coefficient (Wildman–Crippen LogP) is 2.88. The van der Waals surface area contributed by atoms with Gasteiger partial charge in [0.05, 0.1) is 6.04 Å². The Morgan fingerprint density at radius 1 is 0.947 bits per heavy atom. The second-order valence-corrected chi connectivity index (χ2v) is 8.27. The molecule has 108 valence electrons. The van der Waals surface area contributed by atoms with Gasteiger partial charge in [-0.15, -0.1) is 0 Å². The van der Waals surface area contributed by atoms with E-state index >= 15 is 0 Å². The third-order valence-corrected chi connectivity index (χ3v) is 4.56. The van der Waals surface area contributed by atoms with Crippen molar-refractivity contribution in [3.8, 4) is 0 Å². The molecule has 19 heavy (non-hydrogen) atoms. The number of rotatable bonds is 1. The molecule has 3 unspecified atom stereocenters. The summed E-state index contributed by atoms with van der Waals surface area (Å²) in [5.41, 5.74) is -0.772. The summed E-state index contributed by atoms with van der Waals surface area (Å²) in [5.74, 6) is 1.34. The minimum atomic E-state index is -0.403. The number of likely N-dealkylation sites (tertiary alicyclic amines) is 1. The van der Waals surface area contributed by atoms with Crippen molar-refractivity contribution in [2.45, 2.75) is 60.4 Å². The maximum absolute atomic E-state index is 12.7. The Bertz CT molecular complexity index is 400. The highest BCUT2D eigenvalue weighted by atomic mass is 16.2. The first-order valence-electron chi connectivity index (χ1n) is 7.39. The number of Topliss-reactive ketones (excluding diaryl/α,β-unsaturated/α-hetero) is 1. The Morgan fingerprint density at radius 2 is 1.53 bits per heavy atom. The number of hydrogen-bond donors (Lipinski definition) is 0. The van der Waals surface area contributed by atoms with Crippen LogP contribution in [0.25, 0.3) is 0 Å². The van der Waals surface area contributed by atoms with Gasteiger partial charge in [-0.05, 0) is 24.7 Å². The lowest BCUT2D eigenvalue weighted by Crippen LogP contribution is -2.51. The molecule has 1 heterocycles. The normalized spacial score (nSPS) is 30.8. The quantitative estimate of drug-likeness (QED) is 0.731. The molecule has 3 heteroatoms. The van der Waals surface area contributed by atoms with Crippen molar-refractivity contribution in [2.24, 2.45) is 22.7 Å². The van der Waals surface area contributed by atoms with Crippen LogP contribution in [0.5, 0.6) is 0 Å². The molecule has 0 N–H and O–H groups in total. The molecule has 2 rings (SSSR count). The van der Waals surface area contributed by atoms with E-state index in [4.69, 9.17) is 0 Å². The van der Waals surface area contributed by atoms with Crippen LogP contribution in [0.15, 0.2) is 0 Å². The summed E-state index contributed by atoms with van der Waals surface area (Å²) in [6.45, 7) is 12.5. The van der Waals surface area contributed by atoms with Crippen molar-refractivity contribution >= 4 is 11.7 Å². The van der Waals surface area contributed by atoms with E-state index in [1.54, 1.807) is 0 Å². The van der Waals surface area contributed by atoms with Gasteiger partial charge in [-0.3, -0.25) is 9.59 Å². The van der Waals surface area contributed by atoms with Crippen LogP contribution in [0.2, 0.25) is 0 Å². The van der Waals surface area contributed by atoms with Crippen LogP contribution in [0.3, 0.4) is 0 Å². The monoisotopic (exact) mass is 265 g/mol. The second-order valence-electron chi connectivity index (χ2n) is 8.27. The molecule has 0 radical (unpaired) electrons. The Kier molecular flexibility index (Phi) is 3.31. The number of amides is 1. The lowest BCUT2D eigenvalue weighted by molar-refractivity contribution is -0.147. The van der Waals surface area contributed by atoms with Crippen molar-refractivity contribution in [3.63, 3.8) is 0 Å². The third-order valence-electron chi connectivity index (χ3n) is 4.56. The summed E-state index contributed by atoms with van der Waals surface area (Å²) in [5, 5.41) is 0. The maximum atomic E-state index is 12.7. The van der Waals surface area contributed by atoms with E-state index in [0.29, 0.717) is 11.8 Å². The van der Waals surface area contributed by atoms with Gasteiger partial charge < -0.3 is 4.90 Å². The summed E-state index contributed by atoms with van der Waals surface area (Å²) in [4.78, 5) is 27.2. The van der Waals surface area contributed by atoms with Crippen LogP contribution in [-0.2, 0) is 9.59 Å². The Hall–Kier alpha value is -0.860. The molecule has 3 atom stereocenters. The van der Waals surface area contributed by atoms with Gasteiger partial charge in [0, 0.05) is 17.4 Å². The molecule has 0 aromatic rings. The fourth-order valence-electron chi connectivity index (χ4n) is 3.25. The number of nitrogens with zero attached hydrogens (tertiary/aromatic N) is 1. The van der Waals surface area contributed by atoms with Gasteiger partial charge in [-0.2, -0.15) is 0 Å². The molecule has 2 aliphatic rings. The van der Waals surface area contributed by atoms with Gasteiger partial charge in [0.1, 0.15) is 0 Å². The zero-order chi connectivity index (χ0) is 14.6. The molecule has 0 aromatic heterocycles. The lowest BCUT2D eigenvalue weighted by Gasteiger charge is -2.37. The standard InChI is InChI=1S/C16H27NO2/c1-15(2,3)13(18)12-11-8-7-10(11)9-17(12)14(19)16(4,5)6/h10-12H,7-9H2,1-6H3. The molecule has 0 spiro atoms. The minimum absolute atomic E-state index is 0.129. The fraction of sp³-hybridized carbons (Fsp3) is 0.875. The molecule has 0 aromatic carbocycles. The molecular formula is C16H27NO2. The Balaban J connectivity index is 2.27. The average molecular weight is 265 g/mol. The summed E-state index contributed by atoms with van der Waals surface area (Å²) in [6, 6.07) is -0.175. The van der Waals surface area contributed by atoms with E-state index in [0.717, 1.165) is 13.0 Å². The lowest BCUT2D eigenvalue weighted by atomic mass is 9.69. The maximum Gasteiger partial charge on any atom is 0.228 e. The molecule has 1 saturated carbocycles. The minimum Gasteiger partial charge on any atom is -0.332 e. The van der Waals surface area contributed by atoms with Crippen LogP contribution in [0.1, 0.15) is 54.4 Å². The molecule has 1 aliphatic carbocycles. The van der Waals surface area contributed by atoms with E-state index < -0.39 is 5.41 Å². The van der Waals surface area contributed by atoms with Gasteiger partial charge in [-0.25, -0.2) is 0 Å². The fourth-order valence-corrected chi connectivity index (χ4v) is 3.25. The highest BCUT2D eigenvalue weighted by Gasteiger charge is 2.54. The molecule has 1 aliphatic heterocycles. The zero-order valence-corrected chi connectivity index (χ0v) is 13.1. The molecule has 1 amide bonds. The van der Waals surface area contributed by atoms with Gasteiger partial charge in [0.15, 0.2) is 5.78 Å². The SMILES string of the molecule is CC(C)(C)C(=O)C1C2CCC2CN1C(=O)C(C)(C)C. The van der Waals surface area contributed by atoms with Crippen LogP contribution >= 0.6 is 0 Å². The van der Waals surface area contributed by atoms with E-state index in [1.807, 2.05) is 46.4 Å². The first kappa shape index (κ1) is 14.5. The van der Waals surface area contributed by atoms with Crippen LogP contribution in [-0.4, -0.2) is 29.2 Å². The predicted molar refractivity (Wildman–Crippen MR) is 75.6 cm³/mol. The number of fused-ring (bicyclic) bond motifs is 1. The third kappa shape index (κ3) is 2.44. The van der Waals surface area contributed by atoms with Crippen LogP contribution in [0.4, 0.5) is 0 Å². The van der Waals surface area contributed by atoms with Crippen LogP contribution < -0.4 is 0 Å². The van der Waals surface area contributed by atoms with Crippen molar-refractivity contribution in [2.75, 3.05) is 6.54 Å². The summed E-state index contributed by atoms with van der Waals surface area (Å²) in [6.07, 6.45) is 2.28. The molecular weight excluding hydrogens is 238 g/mol. The molecule has 3 nitrogen and oxygen atoms in total. The first-order chi connectivity index (χ1) is 8.53. The van der Waals surface area contributed by atoms with E-state index in [1.165, 1.54) is 6.42 Å². The van der Waals surface area contributed by atoms with Gasteiger partial charge in [-0.1, -0.05) is 41.5 Å². The van der Waals surface area contributed by atoms with Crippen molar-refractivity contribution in [1.82, 2.24) is 4.90 Å². The van der Waals surface area contributed by atoms with Crippen LogP contribution in [0, 0.1) is 22.7 Å². The number of carbonyl (C=O) groups is 2. The van der Waals surface area contributed by atoms with Gasteiger partial charge in [0.2, 0.25) is 5.91 Å². The molecule has 0 bridgehead atoms. The van der Waals surface area contributed by atoms with Crippen molar-refractivity contribution in [3.05, 3.63) is 0 Å². The highest BCUT2D eigenvalue weighted by molar-refractivity contribution is 5.94.